The highest BCUT2D eigenvalue weighted by atomic mass is 35.5. The highest BCUT2D eigenvalue weighted by Crippen LogP contribution is 2.15. The van der Waals surface area contributed by atoms with E-state index in [1.165, 1.54) is 18.3 Å². The maximum atomic E-state index is 11.6. The van der Waals surface area contributed by atoms with E-state index in [2.05, 4.69) is 26.0 Å². The minimum absolute atomic E-state index is 0.0640. The molecular formula is C10H8ClN5O2. The second-order valence-corrected chi connectivity index (χ2v) is 3.63. The number of halogens is 1. The van der Waals surface area contributed by atoms with Gasteiger partial charge in [-0.25, -0.2) is 10.1 Å². The largest absolute Gasteiger partial charge is 0.290 e. The fourth-order valence-electron chi connectivity index (χ4n) is 1.13. The van der Waals surface area contributed by atoms with E-state index in [1.54, 1.807) is 12.1 Å². The molecule has 0 radical (unpaired) electrons. The Hall–Kier alpha value is -2.41. The van der Waals surface area contributed by atoms with Crippen molar-refractivity contribution in [2.45, 2.75) is 0 Å². The molecule has 7 nitrogen and oxygen atoms in total. The molecule has 2 aromatic heterocycles. The Bertz CT molecular complexity index is 607. The highest BCUT2D eigenvalue weighted by Gasteiger charge is 2.07. The molecule has 92 valence electrons. The minimum atomic E-state index is -0.520. The van der Waals surface area contributed by atoms with Crippen LogP contribution in [0.1, 0.15) is 10.5 Å². The number of nitrogens with zero attached hydrogens (tertiary/aromatic N) is 2. The van der Waals surface area contributed by atoms with Crippen molar-refractivity contribution < 1.29 is 4.79 Å². The lowest BCUT2D eigenvalue weighted by molar-refractivity contribution is 0.0956. The van der Waals surface area contributed by atoms with Crippen LogP contribution in [0.25, 0.3) is 0 Å². The molecule has 0 aliphatic carbocycles. The molecule has 2 rings (SSSR count). The van der Waals surface area contributed by atoms with Crippen LogP contribution in [-0.2, 0) is 0 Å². The number of anilines is 1. The molecule has 2 aromatic rings. The lowest BCUT2D eigenvalue weighted by atomic mass is 10.4. The van der Waals surface area contributed by atoms with E-state index in [-0.39, 0.29) is 11.3 Å². The molecule has 8 heteroatoms. The average molecular weight is 266 g/mol. The van der Waals surface area contributed by atoms with Gasteiger partial charge in [-0.05, 0) is 18.2 Å². The third-order valence-corrected chi connectivity index (χ3v) is 2.27. The smallest absolute Gasteiger partial charge is 0.280 e. The van der Waals surface area contributed by atoms with Gasteiger partial charge < -0.3 is 0 Å². The van der Waals surface area contributed by atoms with Crippen LogP contribution in [0.2, 0.25) is 5.02 Å². The third-order valence-electron chi connectivity index (χ3n) is 1.96. The van der Waals surface area contributed by atoms with Crippen molar-refractivity contribution in [3.8, 4) is 0 Å². The number of nitrogens with one attached hydrogen (secondary N) is 3. The predicted octanol–water partition coefficient (Wildman–Crippen LogP) is 0.575. The van der Waals surface area contributed by atoms with Crippen LogP contribution in [-0.4, -0.2) is 21.1 Å². The van der Waals surface area contributed by atoms with E-state index in [1.807, 2.05) is 0 Å². The van der Waals surface area contributed by atoms with E-state index in [4.69, 9.17) is 11.6 Å². The fourth-order valence-corrected chi connectivity index (χ4v) is 1.30. The molecule has 0 saturated carbocycles. The maximum Gasteiger partial charge on any atom is 0.290 e. The quantitative estimate of drug-likeness (QED) is 0.705. The summed E-state index contributed by atoms with van der Waals surface area (Å²) in [6.07, 6.45) is 1.53. The number of amides is 1. The molecule has 1 amide bonds. The van der Waals surface area contributed by atoms with Crippen molar-refractivity contribution in [3.05, 3.63) is 51.5 Å². The van der Waals surface area contributed by atoms with Crippen LogP contribution >= 0.6 is 11.6 Å². The Morgan fingerprint density at radius 3 is 2.83 bits per heavy atom. The van der Waals surface area contributed by atoms with Crippen molar-refractivity contribution >= 4 is 23.3 Å². The summed E-state index contributed by atoms with van der Waals surface area (Å²) in [5.74, 6) is -0.204. The third kappa shape index (κ3) is 2.83. The number of hydrogen-bond acceptors (Lipinski definition) is 5. The van der Waals surface area contributed by atoms with Crippen LogP contribution in [0.15, 0.2) is 35.3 Å². The summed E-state index contributed by atoms with van der Waals surface area (Å²) in [6, 6.07) is 5.80. The zero-order chi connectivity index (χ0) is 13.0. The Morgan fingerprint density at radius 1 is 1.33 bits per heavy atom. The average Bonchev–Trinajstić information content (AvgIpc) is 2.38. The summed E-state index contributed by atoms with van der Waals surface area (Å²) in [6.45, 7) is 0. The number of carbonyl (C=O) groups is 1. The van der Waals surface area contributed by atoms with E-state index < -0.39 is 5.91 Å². The Balaban J connectivity index is 2.03. The van der Waals surface area contributed by atoms with Crippen molar-refractivity contribution in [2.75, 3.05) is 5.43 Å². The van der Waals surface area contributed by atoms with Gasteiger partial charge in [0.05, 0.1) is 5.02 Å². The lowest BCUT2D eigenvalue weighted by Crippen LogP contribution is -2.31. The van der Waals surface area contributed by atoms with Gasteiger partial charge in [-0.15, -0.1) is 0 Å². The first-order chi connectivity index (χ1) is 8.66. The topological polar surface area (TPSA) is 99.8 Å². The number of hydrogen-bond donors (Lipinski definition) is 3. The van der Waals surface area contributed by atoms with Crippen LogP contribution in [0.3, 0.4) is 0 Å². The van der Waals surface area contributed by atoms with Crippen LogP contribution in [0.5, 0.6) is 0 Å². The number of aromatic nitrogens is 3. The molecule has 2 heterocycles. The molecule has 0 saturated heterocycles. The number of pyridine rings is 1. The number of aromatic amines is 1. The molecule has 0 spiro atoms. The lowest BCUT2D eigenvalue weighted by Gasteiger charge is -2.07. The van der Waals surface area contributed by atoms with Crippen molar-refractivity contribution in [2.24, 2.45) is 0 Å². The molecule has 0 fully saturated rings. The summed E-state index contributed by atoms with van der Waals surface area (Å²) in [5, 5.41) is 6.09. The summed E-state index contributed by atoms with van der Waals surface area (Å²) < 4.78 is 0. The van der Waals surface area contributed by atoms with Gasteiger partial charge in [-0.2, -0.15) is 5.10 Å². The predicted molar refractivity (Wildman–Crippen MR) is 65.2 cm³/mol. The molecule has 3 N–H and O–H groups in total. The van der Waals surface area contributed by atoms with Gasteiger partial charge in [0.25, 0.3) is 11.5 Å². The monoisotopic (exact) mass is 265 g/mol. The van der Waals surface area contributed by atoms with E-state index >= 15 is 0 Å². The standard InChI is InChI=1S/C10H8ClN5O2/c11-6-2-1-5-12-9(6)15-16-10(18)7-3-4-8(17)14-13-7/h1-5H,(H,12,15)(H,14,17)(H,16,18). The molecule has 0 unspecified atom stereocenters. The van der Waals surface area contributed by atoms with Gasteiger partial charge in [0.15, 0.2) is 11.5 Å². The zero-order valence-electron chi connectivity index (χ0n) is 8.98. The van der Waals surface area contributed by atoms with Crippen LogP contribution < -0.4 is 16.4 Å². The first kappa shape index (κ1) is 12.1. The van der Waals surface area contributed by atoms with E-state index in [0.29, 0.717) is 10.8 Å². The number of H-pyrrole nitrogens is 1. The molecule has 0 aliphatic rings. The maximum absolute atomic E-state index is 11.6. The van der Waals surface area contributed by atoms with Gasteiger partial charge in [-0.3, -0.25) is 20.4 Å². The molecule has 18 heavy (non-hydrogen) atoms. The number of hydrazine groups is 1. The normalized spacial score (nSPS) is 9.83. The van der Waals surface area contributed by atoms with Gasteiger partial charge >= 0.3 is 0 Å². The Labute approximate surface area is 106 Å². The molecule has 0 aliphatic heterocycles. The minimum Gasteiger partial charge on any atom is -0.280 e. The summed E-state index contributed by atoms with van der Waals surface area (Å²) in [5.41, 5.74) is 4.59. The van der Waals surface area contributed by atoms with Gasteiger partial charge in [0.2, 0.25) is 0 Å². The van der Waals surface area contributed by atoms with E-state index in [0.717, 1.165) is 0 Å². The molecule has 0 bridgehead atoms. The second kappa shape index (κ2) is 5.28. The zero-order valence-corrected chi connectivity index (χ0v) is 9.73. The van der Waals surface area contributed by atoms with Crippen LogP contribution in [0.4, 0.5) is 5.82 Å². The molecule has 0 atom stereocenters. The second-order valence-electron chi connectivity index (χ2n) is 3.22. The van der Waals surface area contributed by atoms with Gasteiger partial charge in [0, 0.05) is 12.3 Å². The van der Waals surface area contributed by atoms with Gasteiger partial charge in [0.1, 0.15) is 0 Å². The highest BCUT2D eigenvalue weighted by molar-refractivity contribution is 6.32. The summed E-state index contributed by atoms with van der Waals surface area (Å²) in [4.78, 5) is 26.3. The first-order valence-electron chi connectivity index (χ1n) is 4.89. The van der Waals surface area contributed by atoms with Gasteiger partial charge in [-0.1, -0.05) is 11.6 Å². The Morgan fingerprint density at radius 2 is 2.17 bits per heavy atom. The summed E-state index contributed by atoms with van der Waals surface area (Å²) in [7, 11) is 0. The fraction of sp³-hybridized carbons (Fsp3) is 0. The number of rotatable bonds is 3. The molecular weight excluding hydrogens is 258 g/mol. The summed E-state index contributed by atoms with van der Waals surface area (Å²) >= 11 is 5.84. The van der Waals surface area contributed by atoms with Crippen molar-refractivity contribution in [1.29, 1.82) is 0 Å². The van der Waals surface area contributed by atoms with Crippen LogP contribution in [0, 0.1) is 0 Å². The molecule has 0 aromatic carbocycles. The number of carbonyl (C=O) groups excluding carboxylic acids is 1. The van der Waals surface area contributed by atoms with Crippen molar-refractivity contribution in [1.82, 2.24) is 20.6 Å². The van der Waals surface area contributed by atoms with E-state index in [9.17, 15) is 9.59 Å². The van der Waals surface area contributed by atoms with Crippen molar-refractivity contribution in [3.63, 3.8) is 0 Å². The Kier molecular flexibility index (Phi) is 3.54. The first-order valence-corrected chi connectivity index (χ1v) is 5.27. The SMILES string of the molecule is O=C(NNc1ncccc1Cl)c1ccc(=O)[nH]n1.